The highest BCUT2D eigenvalue weighted by molar-refractivity contribution is 5.85. The van der Waals surface area contributed by atoms with E-state index < -0.39 is 5.97 Å². The number of pyridine rings is 1. The van der Waals surface area contributed by atoms with Gasteiger partial charge in [0.25, 0.3) is 0 Å². The van der Waals surface area contributed by atoms with Gasteiger partial charge >= 0.3 is 5.97 Å². The standard InChI is InChI=1S/C11H14FNO2/c12-7-3-1-2-4-9-5-6-10(11(14)15)13-8-9/h5-6,8H,1-4,7H2,(H,14,15). The maximum Gasteiger partial charge on any atom is 0.354 e. The Balaban J connectivity index is 2.39. The van der Waals surface area contributed by atoms with E-state index in [4.69, 9.17) is 5.11 Å². The molecule has 4 heteroatoms. The van der Waals surface area contributed by atoms with E-state index in [0.29, 0.717) is 6.42 Å². The summed E-state index contributed by atoms with van der Waals surface area (Å²) >= 11 is 0. The normalized spacial score (nSPS) is 10.2. The number of rotatable bonds is 6. The van der Waals surface area contributed by atoms with Crippen molar-refractivity contribution in [2.75, 3.05) is 6.67 Å². The first-order valence-corrected chi connectivity index (χ1v) is 4.98. The number of aryl methyl sites for hydroxylation is 1. The first-order valence-electron chi connectivity index (χ1n) is 4.98. The summed E-state index contributed by atoms with van der Waals surface area (Å²) in [6, 6.07) is 3.25. The summed E-state index contributed by atoms with van der Waals surface area (Å²) in [5.41, 5.74) is 1.06. The third-order valence-corrected chi connectivity index (χ3v) is 2.14. The molecule has 3 nitrogen and oxygen atoms in total. The molecule has 0 spiro atoms. The number of carbonyl (C=O) groups is 1. The summed E-state index contributed by atoms with van der Waals surface area (Å²) in [7, 11) is 0. The number of aromatic nitrogens is 1. The van der Waals surface area contributed by atoms with Crippen molar-refractivity contribution in [2.24, 2.45) is 0 Å². The first-order chi connectivity index (χ1) is 7.24. The van der Waals surface area contributed by atoms with Crippen LogP contribution >= 0.6 is 0 Å². The molecule has 15 heavy (non-hydrogen) atoms. The van der Waals surface area contributed by atoms with Gasteiger partial charge in [-0.15, -0.1) is 0 Å². The van der Waals surface area contributed by atoms with Gasteiger partial charge in [-0.25, -0.2) is 9.78 Å². The predicted molar refractivity (Wildman–Crippen MR) is 54.7 cm³/mol. The van der Waals surface area contributed by atoms with Gasteiger partial charge in [0.1, 0.15) is 5.69 Å². The maximum absolute atomic E-state index is 11.8. The van der Waals surface area contributed by atoms with Crippen molar-refractivity contribution in [2.45, 2.75) is 25.7 Å². The van der Waals surface area contributed by atoms with Crippen molar-refractivity contribution < 1.29 is 14.3 Å². The second-order valence-corrected chi connectivity index (χ2v) is 3.36. The predicted octanol–water partition coefficient (Wildman–Crippen LogP) is 2.46. The molecule has 0 aliphatic rings. The number of aromatic carboxylic acids is 1. The Bertz CT molecular complexity index is 311. The summed E-state index contributed by atoms with van der Waals surface area (Å²) in [6.45, 7) is -0.268. The van der Waals surface area contributed by atoms with Crippen molar-refractivity contribution in [1.82, 2.24) is 4.98 Å². The highest BCUT2D eigenvalue weighted by atomic mass is 19.1. The SMILES string of the molecule is O=C(O)c1ccc(CCCCCF)cn1. The number of unbranched alkanes of at least 4 members (excludes halogenated alkanes) is 2. The van der Waals surface area contributed by atoms with E-state index >= 15 is 0 Å². The third-order valence-electron chi connectivity index (χ3n) is 2.14. The number of hydrogen-bond acceptors (Lipinski definition) is 2. The Morgan fingerprint density at radius 2 is 2.13 bits per heavy atom. The molecule has 0 unspecified atom stereocenters. The largest absolute Gasteiger partial charge is 0.477 e. The van der Waals surface area contributed by atoms with E-state index in [1.165, 1.54) is 6.07 Å². The van der Waals surface area contributed by atoms with Gasteiger partial charge in [-0.3, -0.25) is 4.39 Å². The van der Waals surface area contributed by atoms with Crippen LogP contribution in [0.2, 0.25) is 0 Å². The maximum atomic E-state index is 11.8. The molecule has 0 saturated heterocycles. The number of alkyl halides is 1. The van der Waals surface area contributed by atoms with Crippen LogP contribution < -0.4 is 0 Å². The minimum absolute atomic E-state index is 0.0579. The van der Waals surface area contributed by atoms with E-state index in [2.05, 4.69) is 4.98 Å². The quantitative estimate of drug-likeness (QED) is 0.735. The summed E-state index contributed by atoms with van der Waals surface area (Å²) in [5.74, 6) is -1.01. The average molecular weight is 211 g/mol. The highest BCUT2D eigenvalue weighted by Crippen LogP contribution is 2.06. The second-order valence-electron chi connectivity index (χ2n) is 3.36. The molecule has 1 N–H and O–H groups in total. The topological polar surface area (TPSA) is 50.2 Å². The lowest BCUT2D eigenvalue weighted by atomic mass is 10.1. The second kappa shape index (κ2) is 6.11. The fourth-order valence-electron chi connectivity index (χ4n) is 1.30. The van der Waals surface area contributed by atoms with Crippen LogP contribution in [0.5, 0.6) is 0 Å². The van der Waals surface area contributed by atoms with Crippen molar-refractivity contribution in [3.8, 4) is 0 Å². The van der Waals surface area contributed by atoms with E-state index in [1.807, 2.05) is 0 Å². The van der Waals surface area contributed by atoms with Gasteiger partial charge in [0.05, 0.1) is 6.67 Å². The van der Waals surface area contributed by atoms with Gasteiger partial charge in [0, 0.05) is 6.20 Å². The third kappa shape index (κ3) is 4.06. The minimum atomic E-state index is -1.01. The fraction of sp³-hybridized carbons (Fsp3) is 0.455. The van der Waals surface area contributed by atoms with Crippen molar-refractivity contribution >= 4 is 5.97 Å². The van der Waals surface area contributed by atoms with Gasteiger partial charge in [-0.2, -0.15) is 0 Å². The van der Waals surface area contributed by atoms with Gasteiger partial charge in [0.15, 0.2) is 0 Å². The summed E-state index contributed by atoms with van der Waals surface area (Å²) in [5, 5.41) is 8.62. The lowest BCUT2D eigenvalue weighted by Gasteiger charge is -2.00. The molecule has 0 fully saturated rings. The van der Waals surface area contributed by atoms with Crippen molar-refractivity contribution in [1.29, 1.82) is 0 Å². The zero-order valence-electron chi connectivity index (χ0n) is 8.45. The minimum Gasteiger partial charge on any atom is -0.477 e. The molecule has 1 rings (SSSR count). The molecule has 82 valence electrons. The highest BCUT2D eigenvalue weighted by Gasteiger charge is 2.03. The van der Waals surface area contributed by atoms with Crippen molar-refractivity contribution in [3.63, 3.8) is 0 Å². The molecule has 0 aliphatic heterocycles. The Labute approximate surface area is 88.0 Å². The smallest absolute Gasteiger partial charge is 0.354 e. The van der Waals surface area contributed by atoms with Crippen LogP contribution in [0.25, 0.3) is 0 Å². The molecule has 1 heterocycles. The van der Waals surface area contributed by atoms with E-state index in [1.54, 1.807) is 12.3 Å². The molecule has 0 atom stereocenters. The van der Waals surface area contributed by atoms with Gasteiger partial charge in [0.2, 0.25) is 0 Å². The zero-order valence-corrected chi connectivity index (χ0v) is 8.45. The Morgan fingerprint density at radius 1 is 1.33 bits per heavy atom. The van der Waals surface area contributed by atoms with E-state index in [9.17, 15) is 9.18 Å². The molecule has 1 aromatic heterocycles. The molecule has 0 aliphatic carbocycles. The monoisotopic (exact) mass is 211 g/mol. The molecule has 0 radical (unpaired) electrons. The van der Waals surface area contributed by atoms with Crippen LogP contribution in [0.1, 0.15) is 35.3 Å². The molecular formula is C11H14FNO2. The molecule has 0 bridgehead atoms. The number of carboxylic acid groups (broad SMARTS) is 1. The number of hydrogen-bond donors (Lipinski definition) is 1. The Hall–Kier alpha value is -1.45. The van der Waals surface area contributed by atoms with E-state index in [0.717, 1.165) is 24.8 Å². The van der Waals surface area contributed by atoms with Crippen LogP contribution in [0, 0.1) is 0 Å². The van der Waals surface area contributed by atoms with E-state index in [-0.39, 0.29) is 12.4 Å². The number of nitrogens with zero attached hydrogens (tertiary/aromatic N) is 1. The molecule has 0 saturated carbocycles. The van der Waals surface area contributed by atoms with Crippen LogP contribution in [0.3, 0.4) is 0 Å². The summed E-state index contributed by atoms with van der Waals surface area (Å²) < 4.78 is 11.8. The van der Waals surface area contributed by atoms with Crippen LogP contribution in [0.4, 0.5) is 4.39 Å². The fourth-order valence-corrected chi connectivity index (χ4v) is 1.30. The number of halogens is 1. The van der Waals surface area contributed by atoms with Gasteiger partial charge in [-0.1, -0.05) is 12.5 Å². The average Bonchev–Trinajstić information content (AvgIpc) is 2.25. The Kier molecular flexibility index (Phi) is 4.74. The van der Waals surface area contributed by atoms with Crippen LogP contribution in [-0.2, 0) is 6.42 Å². The number of carboxylic acids is 1. The summed E-state index contributed by atoms with van der Waals surface area (Å²) in [6.07, 6.45) is 4.77. The molecular weight excluding hydrogens is 197 g/mol. The summed E-state index contributed by atoms with van der Waals surface area (Å²) in [4.78, 5) is 14.3. The molecule has 1 aromatic rings. The Morgan fingerprint density at radius 3 is 2.67 bits per heavy atom. The first kappa shape index (κ1) is 11.6. The van der Waals surface area contributed by atoms with Crippen LogP contribution in [0.15, 0.2) is 18.3 Å². The van der Waals surface area contributed by atoms with Gasteiger partial charge in [-0.05, 0) is 30.9 Å². The lowest BCUT2D eigenvalue weighted by molar-refractivity contribution is 0.0690. The van der Waals surface area contributed by atoms with Crippen molar-refractivity contribution in [3.05, 3.63) is 29.6 Å². The zero-order chi connectivity index (χ0) is 11.1. The van der Waals surface area contributed by atoms with Gasteiger partial charge < -0.3 is 5.11 Å². The molecule has 0 amide bonds. The molecule has 0 aromatic carbocycles. The van der Waals surface area contributed by atoms with Crippen LogP contribution in [-0.4, -0.2) is 22.7 Å². The lowest BCUT2D eigenvalue weighted by Crippen LogP contribution is -2.00.